The van der Waals surface area contributed by atoms with Crippen molar-refractivity contribution in [2.24, 2.45) is 0 Å². The van der Waals surface area contributed by atoms with Crippen molar-refractivity contribution in [2.45, 2.75) is 33.6 Å². The minimum Gasteiger partial charge on any atom is -0.494 e. The third-order valence-electron chi connectivity index (χ3n) is 4.89. The first-order valence-electron chi connectivity index (χ1n) is 11.1. The molecular weight excluding hydrogens is 551 g/mol. The van der Waals surface area contributed by atoms with Gasteiger partial charge in [0.05, 0.1) is 29.1 Å². The molecule has 1 N–H and O–H groups in total. The molecule has 0 radical (unpaired) electrons. The van der Waals surface area contributed by atoms with E-state index in [0.29, 0.717) is 48.3 Å². The highest BCUT2D eigenvalue weighted by Gasteiger charge is 2.36. The van der Waals surface area contributed by atoms with Crippen LogP contribution >= 0.6 is 22.6 Å². The van der Waals surface area contributed by atoms with Gasteiger partial charge in [0.25, 0.3) is 11.8 Å². The molecule has 3 rings (SSSR count). The van der Waals surface area contributed by atoms with Gasteiger partial charge in [0.1, 0.15) is 11.3 Å². The van der Waals surface area contributed by atoms with Crippen molar-refractivity contribution in [3.63, 3.8) is 0 Å². The lowest BCUT2D eigenvalue weighted by Crippen LogP contribution is -2.54. The van der Waals surface area contributed by atoms with Crippen molar-refractivity contribution in [3.05, 3.63) is 51.1 Å². The number of urea groups is 1. The smallest absolute Gasteiger partial charge is 0.335 e. The zero-order valence-electron chi connectivity index (χ0n) is 19.4. The molecule has 0 aliphatic carbocycles. The Kier molecular flexibility index (Phi) is 8.91. The second-order valence-corrected chi connectivity index (χ2v) is 8.51. The summed E-state index contributed by atoms with van der Waals surface area (Å²) in [5.74, 6) is 0.284. The molecule has 0 aromatic heterocycles. The predicted octanol–water partition coefficient (Wildman–Crippen LogP) is 4.93. The third kappa shape index (κ3) is 5.88. The maximum Gasteiger partial charge on any atom is 0.335 e. The molecule has 1 saturated heterocycles. The highest BCUT2D eigenvalue weighted by molar-refractivity contribution is 14.1. The number of nitrogens with zero attached hydrogens (tertiary/aromatic N) is 1. The number of unbranched alkanes of at least 4 members (excludes halogenated alkanes) is 1. The summed E-state index contributed by atoms with van der Waals surface area (Å²) in [6, 6.07) is 9.28. The average molecular weight is 578 g/mol. The van der Waals surface area contributed by atoms with Crippen molar-refractivity contribution in [3.8, 4) is 17.2 Å². The number of carbonyl (C=O) groups is 3. The van der Waals surface area contributed by atoms with Gasteiger partial charge in [0, 0.05) is 0 Å². The number of ether oxygens (including phenoxy) is 3. The predicted molar refractivity (Wildman–Crippen MR) is 137 cm³/mol. The molecule has 0 saturated carbocycles. The van der Waals surface area contributed by atoms with E-state index in [1.54, 1.807) is 36.4 Å². The second kappa shape index (κ2) is 11.9. The molecule has 1 aliphatic rings. The van der Waals surface area contributed by atoms with Crippen LogP contribution in [0.15, 0.2) is 42.0 Å². The monoisotopic (exact) mass is 578 g/mol. The summed E-state index contributed by atoms with van der Waals surface area (Å²) in [5.41, 5.74) is 0.745. The Labute approximate surface area is 212 Å². The van der Waals surface area contributed by atoms with E-state index in [4.69, 9.17) is 14.2 Å². The number of barbiturate groups is 1. The molecule has 2 aromatic rings. The van der Waals surface area contributed by atoms with Crippen LogP contribution in [-0.4, -0.2) is 37.7 Å². The summed E-state index contributed by atoms with van der Waals surface area (Å²) in [6.07, 6.45) is 3.39. The van der Waals surface area contributed by atoms with Gasteiger partial charge >= 0.3 is 6.03 Å². The molecular formula is C25H27IN2O6. The SMILES string of the molecule is CCCCOc1ccc(N2C(=O)NC(=O)/C(=C/c3cc(I)c(OCC)c(OCC)c3)C2=O)cc1. The fourth-order valence-electron chi connectivity index (χ4n) is 3.30. The van der Waals surface area contributed by atoms with Crippen LogP contribution < -0.4 is 24.4 Å². The first-order chi connectivity index (χ1) is 16.4. The van der Waals surface area contributed by atoms with Gasteiger partial charge in [0.15, 0.2) is 11.5 Å². The lowest BCUT2D eigenvalue weighted by Gasteiger charge is -2.26. The van der Waals surface area contributed by atoms with Crippen molar-refractivity contribution < 1.29 is 28.6 Å². The summed E-state index contributed by atoms with van der Waals surface area (Å²) in [4.78, 5) is 39.2. The number of benzene rings is 2. The van der Waals surface area contributed by atoms with Gasteiger partial charge in [-0.05, 0) is 90.9 Å². The van der Waals surface area contributed by atoms with Crippen molar-refractivity contribution >= 4 is 52.2 Å². The van der Waals surface area contributed by atoms with E-state index in [-0.39, 0.29) is 5.57 Å². The van der Waals surface area contributed by atoms with Gasteiger partial charge < -0.3 is 14.2 Å². The van der Waals surface area contributed by atoms with E-state index < -0.39 is 17.8 Å². The van der Waals surface area contributed by atoms with Gasteiger partial charge in [-0.15, -0.1) is 0 Å². The summed E-state index contributed by atoms with van der Waals surface area (Å²) in [5, 5.41) is 2.24. The van der Waals surface area contributed by atoms with E-state index in [9.17, 15) is 14.4 Å². The Balaban J connectivity index is 1.91. The van der Waals surface area contributed by atoms with Gasteiger partial charge in [-0.25, -0.2) is 9.69 Å². The van der Waals surface area contributed by atoms with Crippen LogP contribution in [0, 0.1) is 3.57 Å². The zero-order valence-corrected chi connectivity index (χ0v) is 21.5. The van der Waals surface area contributed by atoms with Crippen LogP contribution in [0.3, 0.4) is 0 Å². The number of carbonyl (C=O) groups excluding carboxylic acids is 3. The molecule has 180 valence electrons. The number of nitrogens with one attached hydrogen (secondary N) is 1. The number of hydrogen-bond donors (Lipinski definition) is 1. The van der Waals surface area contributed by atoms with Crippen LogP contribution in [0.1, 0.15) is 39.2 Å². The fourth-order valence-corrected chi connectivity index (χ4v) is 4.08. The van der Waals surface area contributed by atoms with Crippen LogP contribution in [0.25, 0.3) is 6.08 Å². The average Bonchev–Trinajstić information content (AvgIpc) is 2.80. The summed E-state index contributed by atoms with van der Waals surface area (Å²) in [7, 11) is 0. The normalized spacial score (nSPS) is 14.9. The lowest BCUT2D eigenvalue weighted by molar-refractivity contribution is -0.122. The maximum atomic E-state index is 13.2. The van der Waals surface area contributed by atoms with Gasteiger partial charge in [-0.1, -0.05) is 13.3 Å². The van der Waals surface area contributed by atoms with E-state index in [0.717, 1.165) is 21.3 Å². The van der Waals surface area contributed by atoms with E-state index in [1.807, 2.05) is 13.8 Å². The third-order valence-corrected chi connectivity index (χ3v) is 5.70. The number of amides is 4. The van der Waals surface area contributed by atoms with Crippen LogP contribution in [-0.2, 0) is 9.59 Å². The molecule has 0 bridgehead atoms. The maximum absolute atomic E-state index is 13.2. The van der Waals surface area contributed by atoms with E-state index in [2.05, 4.69) is 34.8 Å². The quantitative estimate of drug-likeness (QED) is 0.186. The molecule has 0 unspecified atom stereocenters. The highest BCUT2D eigenvalue weighted by atomic mass is 127. The van der Waals surface area contributed by atoms with Crippen LogP contribution in [0.4, 0.5) is 10.5 Å². The van der Waals surface area contributed by atoms with Crippen LogP contribution in [0.5, 0.6) is 17.2 Å². The Hall–Kier alpha value is -3.08. The minimum atomic E-state index is -0.803. The summed E-state index contributed by atoms with van der Waals surface area (Å²) in [6.45, 7) is 7.29. The molecule has 34 heavy (non-hydrogen) atoms. The van der Waals surface area contributed by atoms with Gasteiger partial charge in [-0.2, -0.15) is 0 Å². The van der Waals surface area contributed by atoms with Crippen LogP contribution in [0.2, 0.25) is 0 Å². The molecule has 1 heterocycles. The zero-order chi connectivity index (χ0) is 24.7. The van der Waals surface area contributed by atoms with Crippen molar-refractivity contribution in [2.75, 3.05) is 24.7 Å². The van der Waals surface area contributed by atoms with E-state index in [1.165, 1.54) is 6.08 Å². The number of imide groups is 2. The molecule has 1 aliphatic heterocycles. The first-order valence-corrected chi connectivity index (χ1v) is 12.2. The Morgan fingerprint density at radius 3 is 2.32 bits per heavy atom. The second-order valence-electron chi connectivity index (χ2n) is 7.35. The Morgan fingerprint density at radius 1 is 0.971 bits per heavy atom. The van der Waals surface area contributed by atoms with Gasteiger partial charge in [0.2, 0.25) is 0 Å². The molecule has 9 heteroatoms. The molecule has 0 spiro atoms. The highest BCUT2D eigenvalue weighted by Crippen LogP contribution is 2.35. The van der Waals surface area contributed by atoms with Crippen molar-refractivity contribution in [1.82, 2.24) is 5.32 Å². The number of halogens is 1. The minimum absolute atomic E-state index is 0.162. The fraction of sp³-hybridized carbons (Fsp3) is 0.320. The summed E-state index contributed by atoms with van der Waals surface area (Å²) >= 11 is 2.11. The topological polar surface area (TPSA) is 94.2 Å². The van der Waals surface area contributed by atoms with E-state index >= 15 is 0 Å². The van der Waals surface area contributed by atoms with Crippen molar-refractivity contribution in [1.29, 1.82) is 0 Å². The molecule has 1 fully saturated rings. The summed E-state index contributed by atoms with van der Waals surface area (Å²) < 4.78 is 17.8. The lowest BCUT2D eigenvalue weighted by atomic mass is 10.1. The molecule has 4 amide bonds. The number of hydrogen-bond acceptors (Lipinski definition) is 6. The standard InChI is InChI=1S/C25H27IN2O6/c1-4-7-12-34-18-10-8-17(9-11-18)28-24(30)19(23(29)27-25(28)31)13-16-14-20(26)22(33-6-3)21(15-16)32-5-2/h8-11,13-15H,4-7,12H2,1-3H3,(H,27,29,31)/b19-13-. The Bertz CT molecular complexity index is 1100. The Morgan fingerprint density at radius 2 is 1.68 bits per heavy atom. The molecule has 2 aromatic carbocycles. The largest absolute Gasteiger partial charge is 0.494 e. The molecule has 8 nitrogen and oxygen atoms in total. The number of anilines is 1. The first kappa shape index (κ1) is 25.5. The molecule has 0 atom stereocenters. The number of rotatable bonds is 10. The van der Waals surface area contributed by atoms with Gasteiger partial charge in [-0.3, -0.25) is 14.9 Å².